The standard InChI is InChI=1S/C18H22N2O2/c1-22-13-17(15-10-6-3-7-11-15)20-18(21)16(19)12-14-8-4-2-5-9-14/h2-11,16-17H,12-13,19H2,1H3,(H,20,21). The Hall–Kier alpha value is -2.17. The van der Waals surface area contributed by atoms with Crippen LogP contribution in [0.5, 0.6) is 0 Å². The van der Waals surface area contributed by atoms with Crippen LogP contribution in [-0.2, 0) is 16.0 Å². The number of carbonyl (C=O) groups excluding carboxylic acids is 1. The number of methoxy groups -OCH3 is 1. The third kappa shape index (κ3) is 4.69. The molecule has 116 valence electrons. The van der Waals surface area contributed by atoms with Gasteiger partial charge in [-0.1, -0.05) is 60.7 Å². The van der Waals surface area contributed by atoms with E-state index < -0.39 is 6.04 Å². The van der Waals surface area contributed by atoms with E-state index in [0.29, 0.717) is 13.0 Å². The van der Waals surface area contributed by atoms with Gasteiger partial charge in [0, 0.05) is 7.11 Å². The number of amides is 1. The molecule has 0 saturated carbocycles. The first-order valence-electron chi connectivity index (χ1n) is 7.34. The molecule has 0 aliphatic heterocycles. The van der Waals surface area contributed by atoms with Gasteiger partial charge in [-0.25, -0.2) is 0 Å². The molecule has 2 unspecified atom stereocenters. The third-order valence-corrected chi connectivity index (χ3v) is 3.49. The zero-order chi connectivity index (χ0) is 15.8. The smallest absolute Gasteiger partial charge is 0.237 e. The number of rotatable bonds is 7. The van der Waals surface area contributed by atoms with Crippen LogP contribution in [-0.4, -0.2) is 25.7 Å². The molecule has 2 atom stereocenters. The van der Waals surface area contributed by atoms with E-state index in [1.165, 1.54) is 0 Å². The molecule has 0 bridgehead atoms. The Balaban J connectivity index is 1.98. The summed E-state index contributed by atoms with van der Waals surface area (Å²) in [5.74, 6) is -0.172. The molecule has 1 amide bonds. The SMILES string of the molecule is COCC(NC(=O)C(N)Cc1ccccc1)c1ccccc1. The first-order chi connectivity index (χ1) is 10.7. The summed E-state index contributed by atoms with van der Waals surface area (Å²) in [6, 6.07) is 18.7. The van der Waals surface area contributed by atoms with Crippen LogP contribution in [0.3, 0.4) is 0 Å². The minimum atomic E-state index is -0.578. The molecule has 0 heterocycles. The second kappa shape index (κ2) is 8.32. The average molecular weight is 298 g/mol. The van der Waals surface area contributed by atoms with Crippen LogP contribution in [0.2, 0.25) is 0 Å². The van der Waals surface area contributed by atoms with Gasteiger partial charge in [-0.05, 0) is 17.5 Å². The molecule has 3 N–H and O–H groups in total. The van der Waals surface area contributed by atoms with Gasteiger partial charge in [0.1, 0.15) is 0 Å². The highest BCUT2D eigenvalue weighted by Gasteiger charge is 2.19. The third-order valence-electron chi connectivity index (χ3n) is 3.49. The highest BCUT2D eigenvalue weighted by atomic mass is 16.5. The number of ether oxygens (including phenoxy) is 1. The number of nitrogens with two attached hydrogens (primary N) is 1. The van der Waals surface area contributed by atoms with E-state index in [2.05, 4.69) is 5.32 Å². The van der Waals surface area contributed by atoms with Crippen molar-refractivity contribution in [1.82, 2.24) is 5.32 Å². The van der Waals surface area contributed by atoms with Crippen LogP contribution in [0, 0.1) is 0 Å². The highest BCUT2D eigenvalue weighted by Crippen LogP contribution is 2.13. The Morgan fingerprint density at radius 3 is 2.27 bits per heavy atom. The Morgan fingerprint density at radius 1 is 1.09 bits per heavy atom. The van der Waals surface area contributed by atoms with Crippen molar-refractivity contribution in [2.45, 2.75) is 18.5 Å². The van der Waals surface area contributed by atoms with Gasteiger partial charge in [-0.15, -0.1) is 0 Å². The van der Waals surface area contributed by atoms with Crippen LogP contribution in [0.15, 0.2) is 60.7 Å². The maximum Gasteiger partial charge on any atom is 0.237 e. The predicted molar refractivity (Wildman–Crippen MR) is 87.3 cm³/mol. The summed E-state index contributed by atoms with van der Waals surface area (Å²) < 4.78 is 5.20. The molecule has 0 saturated heterocycles. The maximum absolute atomic E-state index is 12.3. The largest absolute Gasteiger partial charge is 0.382 e. The first-order valence-corrected chi connectivity index (χ1v) is 7.34. The molecule has 2 rings (SSSR count). The van der Waals surface area contributed by atoms with Gasteiger partial charge in [0.05, 0.1) is 18.7 Å². The number of nitrogens with one attached hydrogen (secondary N) is 1. The number of hydrogen-bond donors (Lipinski definition) is 2. The molecule has 0 radical (unpaired) electrons. The fraction of sp³-hybridized carbons (Fsp3) is 0.278. The minimum absolute atomic E-state index is 0.172. The summed E-state index contributed by atoms with van der Waals surface area (Å²) >= 11 is 0. The zero-order valence-corrected chi connectivity index (χ0v) is 12.7. The molecule has 0 aromatic heterocycles. The Labute approximate surface area is 131 Å². The van der Waals surface area contributed by atoms with Crippen LogP contribution in [0.25, 0.3) is 0 Å². The maximum atomic E-state index is 12.3. The quantitative estimate of drug-likeness (QED) is 0.822. The van der Waals surface area contributed by atoms with E-state index in [1.807, 2.05) is 60.7 Å². The van der Waals surface area contributed by atoms with E-state index in [0.717, 1.165) is 11.1 Å². The lowest BCUT2D eigenvalue weighted by molar-refractivity contribution is -0.123. The summed E-state index contributed by atoms with van der Waals surface area (Å²) in [7, 11) is 1.62. The van der Waals surface area contributed by atoms with Crippen LogP contribution >= 0.6 is 0 Å². The second-order valence-corrected chi connectivity index (χ2v) is 5.22. The molecular weight excluding hydrogens is 276 g/mol. The summed E-state index contributed by atoms with van der Waals surface area (Å²) in [5, 5.41) is 2.97. The lowest BCUT2D eigenvalue weighted by Crippen LogP contribution is -2.44. The molecule has 22 heavy (non-hydrogen) atoms. The monoisotopic (exact) mass is 298 g/mol. The van der Waals surface area contributed by atoms with Crippen LogP contribution in [0.1, 0.15) is 17.2 Å². The molecule has 0 spiro atoms. The summed E-state index contributed by atoms with van der Waals surface area (Å²) in [5.41, 5.74) is 8.07. The molecule has 4 nitrogen and oxygen atoms in total. The number of benzene rings is 2. The normalized spacial score (nSPS) is 13.4. The lowest BCUT2D eigenvalue weighted by atomic mass is 10.0. The van der Waals surface area contributed by atoms with Gasteiger partial charge in [0.25, 0.3) is 0 Å². The fourth-order valence-electron chi connectivity index (χ4n) is 2.31. The van der Waals surface area contributed by atoms with Crippen molar-refractivity contribution < 1.29 is 9.53 Å². The summed E-state index contributed by atoms with van der Waals surface area (Å²) in [6.07, 6.45) is 0.515. The van der Waals surface area contributed by atoms with Gasteiger partial charge in [0.15, 0.2) is 0 Å². The second-order valence-electron chi connectivity index (χ2n) is 5.22. The van der Waals surface area contributed by atoms with E-state index in [4.69, 9.17) is 10.5 Å². The van der Waals surface area contributed by atoms with Gasteiger partial charge in [0.2, 0.25) is 5.91 Å². The van der Waals surface area contributed by atoms with Gasteiger partial charge >= 0.3 is 0 Å². The van der Waals surface area contributed by atoms with Crippen molar-refractivity contribution in [3.05, 3.63) is 71.8 Å². The molecule has 0 aliphatic carbocycles. The Kier molecular flexibility index (Phi) is 6.13. The predicted octanol–water partition coefficient (Wildman–Crippen LogP) is 2.06. The molecule has 4 heteroatoms. The summed E-state index contributed by atoms with van der Waals surface area (Å²) in [6.45, 7) is 0.411. The van der Waals surface area contributed by atoms with Crippen molar-refractivity contribution in [3.63, 3.8) is 0 Å². The molecule has 0 aliphatic rings. The van der Waals surface area contributed by atoms with Crippen LogP contribution < -0.4 is 11.1 Å². The first kappa shape index (κ1) is 16.2. The molecule has 2 aromatic rings. The van der Waals surface area contributed by atoms with Crippen molar-refractivity contribution in [2.75, 3.05) is 13.7 Å². The average Bonchev–Trinajstić information content (AvgIpc) is 2.56. The van der Waals surface area contributed by atoms with E-state index in [1.54, 1.807) is 7.11 Å². The number of carbonyl (C=O) groups is 1. The Bertz CT molecular complexity index is 572. The number of hydrogen-bond acceptors (Lipinski definition) is 3. The van der Waals surface area contributed by atoms with Crippen molar-refractivity contribution in [3.8, 4) is 0 Å². The van der Waals surface area contributed by atoms with E-state index >= 15 is 0 Å². The summed E-state index contributed by atoms with van der Waals surface area (Å²) in [4.78, 5) is 12.3. The van der Waals surface area contributed by atoms with Gasteiger partial charge in [-0.2, -0.15) is 0 Å². The van der Waals surface area contributed by atoms with Gasteiger partial charge < -0.3 is 15.8 Å². The minimum Gasteiger partial charge on any atom is -0.382 e. The molecule has 0 fully saturated rings. The van der Waals surface area contributed by atoms with Crippen molar-refractivity contribution in [1.29, 1.82) is 0 Å². The van der Waals surface area contributed by atoms with Crippen molar-refractivity contribution in [2.24, 2.45) is 5.73 Å². The van der Waals surface area contributed by atoms with E-state index in [9.17, 15) is 4.79 Å². The van der Waals surface area contributed by atoms with Crippen molar-refractivity contribution >= 4 is 5.91 Å². The topological polar surface area (TPSA) is 64.3 Å². The highest BCUT2D eigenvalue weighted by molar-refractivity contribution is 5.82. The molecular formula is C18H22N2O2. The lowest BCUT2D eigenvalue weighted by Gasteiger charge is -2.21. The van der Waals surface area contributed by atoms with Gasteiger partial charge in [-0.3, -0.25) is 4.79 Å². The Morgan fingerprint density at radius 2 is 1.68 bits per heavy atom. The fourth-order valence-corrected chi connectivity index (χ4v) is 2.31. The van der Waals surface area contributed by atoms with Crippen LogP contribution in [0.4, 0.5) is 0 Å². The molecule has 2 aromatic carbocycles. The van der Waals surface area contributed by atoms with E-state index in [-0.39, 0.29) is 11.9 Å². The zero-order valence-electron chi connectivity index (χ0n) is 12.7.